The lowest BCUT2D eigenvalue weighted by Gasteiger charge is -2.36. The van der Waals surface area contributed by atoms with Crippen LogP contribution in [0, 0.1) is 0 Å². The number of carbonyl (C=O) groups excluding carboxylic acids is 1. The number of amides is 1. The van der Waals surface area contributed by atoms with E-state index in [1.165, 1.54) is 20.9 Å². The van der Waals surface area contributed by atoms with Gasteiger partial charge >= 0.3 is 5.76 Å². The van der Waals surface area contributed by atoms with Gasteiger partial charge in [-0.1, -0.05) is 54.6 Å². The number of hydrogen-bond acceptors (Lipinski definition) is 4. The summed E-state index contributed by atoms with van der Waals surface area (Å²) >= 11 is 0. The third-order valence-electron chi connectivity index (χ3n) is 6.22. The zero-order chi connectivity index (χ0) is 21.4. The van der Waals surface area contributed by atoms with Gasteiger partial charge in [0.2, 0.25) is 5.91 Å². The summed E-state index contributed by atoms with van der Waals surface area (Å²) in [6.07, 6.45) is 0. The molecule has 4 aromatic rings. The van der Waals surface area contributed by atoms with E-state index in [0.717, 1.165) is 19.6 Å². The van der Waals surface area contributed by atoms with E-state index in [0.29, 0.717) is 24.2 Å². The number of carbonyl (C=O) groups is 1. The second-order valence-electron chi connectivity index (χ2n) is 8.12. The molecule has 1 unspecified atom stereocenters. The van der Waals surface area contributed by atoms with Gasteiger partial charge < -0.3 is 9.32 Å². The largest absolute Gasteiger partial charge is 0.420 e. The topological polar surface area (TPSA) is 58.7 Å². The molecular formula is C25H25N3O3. The van der Waals surface area contributed by atoms with E-state index in [1.807, 2.05) is 23.1 Å². The van der Waals surface area contributed by atoms with Crippen molar-refractivity contribution >= 4 is 27.8 Å². The predicted octanol–water partition coefficient (Wildman–Crippen LogP) is 3.65. The molecule has 0 spiro atoms. The zero-order valence-corrected chi connectivity index (χ0v) is 17.5. The van der Waals surface area contributed by atoms with Gasteiger partial charge in [0.05, 0.1) is 5.52 Å². The highest BCUT2D eigenvalue weighted by Gasteiger charge is 2.28. The van der Waals surface area contributed by atoms with Crippen LogP contribution in [0.1, 0.15) is 18.5 Å². The minimum atomic E-state index is -0.597. The van der Waals surface area contributed by atoms with Crippen molar-refractivity contribution in [1.29, 1.82) is 0 Å². The Morgan fingerprint density at radius 3 is 2.48 bits per heavy atom. The molecule has 3 aromatic carbocycles. The molecular weight excluding hydrogens is 390 g/mol. The monoisotopic (exact) mass is 415 g/mol. The Bertz CT molecular complexity index is 1290. The van der Waals surface area contributed by atoms with E-state index in [2.05, 4.69) is 47.4 Å². The van der Waals surface area contributed by atoms with E-state index < -0.39 is 11.8 Å². The first kappa shape index (κ1) is 19.6. The molecule has 2 heterocycles. The average Bonchev–Trinajstić information content (AvgIpc) is 3.14. The zero-order valence-electron chi connectivity index (χ0n) is 17.5. The number of para-hydroxylation sites is 2. The van der Waals surface area contributed by atoms with Crippen LogP contribution >= 0.6 is 0 Å². The molecule has 5 rings (SSSR count). The summed E-state index contributed by atoms with van der Waals surface area (Å²) in [6, 6.07) is 21.5. The smallest absolute Gasteiger partial charge is 0.408 e. The summed E-state index contributed by atoms with van der Waals surface area (Å²) in [7, 11) is 0. The number of benzene rings is 3. The Morgan fingerprint density at radius 1 is 0.935 bits per heavy atom. The Hall–Kier alpha value is -3.38. The number of nitrogens with zero attached hydrogens (tertiary/aromatic N) is 3. The average molecular weight is 415 g/mol. The lowest BCUT2D eigenvalue weighted by molar-refractivity contribution is -0.136. The summed E-state index contributed by atoms with van der Waals surface area (Å²) in [5, 5.41) is 2.53. The lowest BCUT2D eigenvalue weighted by Crippen LogP contribution is -2.50. The van der Waals surface area contributed by atoms with Crippen molar-refractivity contribution in [3.8, 4) is 0 Å². The number of piperazine rings is 1. The number of fused-ring (bicyclic) bond motifs is 2. The van der Waals surface area contributed by atoms with Crippen LogP contribution < -0.4 is 5.76 Å². The Morgan fingerprint density at radius 2 is 1.65 bits per heavy atom. The maximum absolute atomic E-state index is 13.1. The van der Waals surface area contributed by atoms with Gasteiger partial charge in [-0.25, -0.2) is 4.79 Å². The Labute approximate surface area is 180 Å². The van der Waals surface area contributed by atoms with Gasteiger partial charge in [-0.05, 0) is 35.4 Å². The van der Waals surface area contributed by atoms with Crippen LogP contribution in [0.5, 0.6) is 0 Å². The summed E-state index contributed by atoms with van der Waals surface area (Å²) in [5.74, 6) is -0.532. The summed E-state index contributed by atoms with van der Waals surface area (Å²) < 4.78 is 6.76. The molecule has 1 amide bonds. The molecule has 6 nitrogen and oxygen atoms in total. The van der Waals surface area contributed by atoms with E-state index in [1.54, 1.807) is 13.0 Å². The molecule has 0 radical (unpaired) electrons. The molecule has 0 N–H and O–H groups in total. The van der Waals surface area contributed by atoms with Crippen LogP contribution in [0.2, 0.25) is 0 Å². The van der Waals surface area contributed by atoms with Crippen molar-refractivity contribution in [1.82, 2.24) is 14.4 Å². The first-order valence-electron chi connectivity index (χ1n) is 10.7. The van der Waals surface area contributed by atoms with Crippen molar-refractivity contribution in [3.05, 3.63) is 82.8 Å². The van der Waals surface area contributed by atoms with Gasteiger partial charge in [0.15, 0.2) is 5.58 Å². The maximum Gasteiger partial charge on any atom is 0.420 e. The predicted molar refractivity (Wildman–Crippen MR) is 121 cm³/mol. The molecule has 0 saturated carbocycles. The van der Waals surface area contributed by atoms with Crippen LogP contribution in [0.3, 0.4) is 0 Å². The molecule has 1 fully saturated rings. The van der Waals surface area contributed by atoms with Gasteiger partial charge in [0.1, 0.15) is 6.04 Å². The van der Waals surface area contributed by atoms with Crippen LogP contribution in [-0.2, 0) is 11.3 Å². The number of oxazole rings is 1. The van der Waals surface area contributed by atoms with Crippen molar-refractivity contribution < 1.29 is 9.21 Å². The first-order valence-corrected chi connectivity index (χ1v) is 10.7. The summed E-state index contributed by atoms with van der Waals surface area (Å²) in [5.41, 5.74) is 2.47. The van der Waals surface area contributed by atoms with Gasteiger partial charge in [-0.2, -0.15) is 0 Å². The fourth-order valence-corrected chi connectivity index (χ4v) is 4.52. The fraction of sp³-hybridized carbons (Fsp3) is 0.280. The molecule has 6 heteroatoms. The van der Waals surface area contributed by atoms with Gasteiger partial charge in [0.25, 0.3) is 0 Å². The molecule has 158 valence electrons. The Kier molecular flexibility index (Phi) is 5.08. The van der Waals surface area contributed by atoms with Gasteiger partial charge in [-0.15, -0.1) is 0 Å². The highest BCUT2D eigenvalue weighted by molar-refractivity contribution is 5.85. The molecule has 1 aromatic heterocycles. The van der Waals surface area contributed by atoms with Crippen LogP contribution in [-0.4, -0.2) is 46.5 Å². The van der Waals surface area contributed by atoms with Crippen molar-refractivity contribution in [2.75, 3.05) is 26.2 Å². The maximum atomic E-state index is 13.1. The van der Waals surface area contributed by atoms with Gasteiger partial charge in [0, 0.05) is 32.7 Å². The fourth-order valence-electron chi connectivity index (χ4n) is 4.52. The molecule has 1 aliphatic heterocycles. The number of rotatable bonds is 4. The first-order chi connectivity index (χ1) is 15.1. The van der Waals surface area contributed by atoms with E-state index in [4.69, 9.17) is 4.42 Å². The number of aromatic nitrogens is 1. The molecule has 1 aliphatic rings. The number of hydrogen-bond donors (Lipinski definition) is 0. The third kappa shape index (κ3) is 3.64. The van der Waals surface area contributed by atoms with E-state index in [-0.39, 0.29) is 5.91 Å². The van der Waals surface area contributed by atoms with Crippen molar-refractivity contribution in [2.45, 2.75) is 19.5 Å². The van der Waals surface area contributed by atoms with E-state index in [9.17, 15) is 9.59 Å². The van der Waals surface area contributed by atoms with Crippen molar-refractivity contribution in [3.63, 3.8) is 0 Å². The molecule has 0 bridgehead atoms. The Balaban J connectivity index is 1.27. The lowest BCUT2D eigenvalue weighted by atomic mass is 10.0. The van der Waals surface area contributed by atoms with Crippen LogP contribution in [0.25, 0.3) is 21.9 Å². The molecule has 1 atom stereocenters. The second-order valence-corrected chi connectivity index (χ2v) is 8.12. The van der Waals surface area contributed by atoms with Gasteiger partial charge in [-0.3, -0.25) is 14.3 Å². The highest BCUT2D eigenvalue weighted by atomic mass is 16.4. The van der Waals surface area contributed by atoms with E-state index >= 15 is 0 Å². The standard InChI is InChI=1S/C25H25N3O3/c1-18(28-22-11-4-5-12-23(22)31-25(28)30)24(29)27-15-13-26(14-16-27)17-20-9-6-8-19-7-2-3-10-21(19)20/h2-12,18H,13-17H2,1H3. The summed E-state index contributed by atoms with van der Waals surface area (Å²) in [4.78, 5) is 29.7. The van der Waals surface area contributed by atoms with Crippen LogP contribution in [0.15, 0.2) is 75.9 Å². The summed E-state index contributed by atoms with van der Waals surface area (Å²) in [6.45, 7) is 5.56. The quantitative estimate of drug-likeness (QED) is 0.511. The second kappa shape index (κ2) is 8.04. The normalized spacial score (nSPS) is 16.1. The minimum absolute atomic E-state index is 0.0431. The molecule has 1 saturated heterocycles. The molecule has 0 aliphatic carbocycles. The van der Waals surface area contributed by atoms with Crippen LogP contribution in [0.4, 0.5) is 0 Å². The highest BCUT2D eigenvalue weighted by Crippen LogP contribution is 2.22. The molecule has 31 heavy (non-hydrogen) atoms. The minimum Gasteiger partial charge on any atom is -0.408 e. The van der Waals surface area contributed by atoms with Crippen molar-refractivity contribution in [2.24, 2.45) is 0 Å². The third-order valence-corrected chi connectivity index (χ3v) is 6.22. The SMILES string of the molecule is CC(C(=O)N1CCN(Cc2cccc3ccccc23)CC1)n1c(=O)oc2ccccc21.